The van der Waals surface area contributed by atoms with Crippen molar-refractivity contribution < 1.29 is 0 Å². The van der Waals surface area contributed by atoms with Gasteiger partial charge in [-0.05, 0) is 81.7 Å². The number of rotatable bonds is 4. The van der Waals surface area contributed by atoms with E-state index in [2.05, 4.69) is 138 Å². The van der Waals surface area contributed by atoms with E-state index in [0.29, 0.717) is 11.8 Å². The van der Waals surface area contributed by atoms with Crippen molar-refractivity contribution in [3.63, 3.8) is 0 Å². The fourth-order valence-corrected chi connectivity index (χ4v) is 10.2. The lowest BCUT2D eigenvalue weighted by atomic mass is 9.92. The predicted molar refractivity (Wildman–Crippen MR) is 165 cm³/mol. The highest BCUT2D eigenvalue weighted by atomic mass is 28.3. The molecule has 0 fully saturated rings. The normalized spacial score (nSPS) is 18.3. The number of fused-ring (bicyclic) bond motifs is 2. The molecule has 184 valence electrons. The Morgan fingerprint density at radius 1 is 0.514 bits per heavy atom. The minimum Gasteiger partial charge on any atom is -0.0622 e. The van der Waals surface area contributed by atoms with E-state index in [1.807, 2.05) is 0 Å². The Morgan fingerprint density at radius 2 is 0.892 bits per heavy atom. The lowest BCUT2D eigenvalue weighted by Crippen LogP contribution is -2.56. The van der Waals surface area contributed by atoms with Crippen LogP contribution in [0.25, 0.3) is 23.3 Å². The number of aryl methyl sites for hydroxylation is 2. The molecule has 2 aliphatic carbocycles. The molecule has 37 heavy (non-hydrogen) atoms. The number of benzene rings is 4. The summed E-state index contributed by atoms with van der Waals surface area (Å²) in [4.78, 5) is 0. The van der Waals surface area contributed by atoms with E-state index in [1.54, 1.807) is 21.5 Å². The number of hydrogen-bond donors (Lipinski definition) is 0. The van der Waals surface area contributed by atoms with E-state index in [-0.39, 0.29) is 0 Å². The van der Waals surface area contributed by atoms with Crippen LogP contribution in [-0.4, -0.2) is 8.07 Å². The summed E-state index contributed by atoms with van der Waals surface area (Å²) in [6.45, 7) is 14.5. The molecule has 0 aromatic heterocycles. The molecule has 0 radical (unpaired) electrons. The summed E-state index contributed by atoms with van der Waals surface area (Å²) < 4.78 is 0. The van der Waals surface area contributed by atoms with Crippen LogP contribution in [0, 0.1) is 13.8 Å². The van der Waals surface area contributed by atoms with Crippen molar-refractivity contribution >= 4 is 41.7 Å². The second kappa shape index (κ2) is 8.85. The minimum atomic E-state index is -2.03. The highest BCUT2D eigenvalue weighted by molar-refractivity contribution is 7.01. The SMILES string of the molecule is Cc1ccc([Si](C)(C)c2ccc(C)c3c2C(C)C(c2ccccc2)=C3)c2c1C=C(c1ccccc1)C2C. The molecule has 0 saturated heterocycles. The maximum absolute atomic E-state index is 2.57. The van der Waals surface area contributed by atoms with Gasteiger partial charge in [-0.3, -0.25) is 0 Å². The molecule has 4 aromatic carbocycles. The zero-order valence-electron chi connectivity index (χ0n) is 22.9. The van der Waals surface area contributed by atoms with Gasteiger partial charge in [0, 0.05) is 11.8 Å². The van der Waals surface area contributed by atoms with Gasteiger partial charge in [-0.25, -0.2) is 0 Å². The molecule has 0 spiro atoms. The average molecular weight is 497 g/mol. The van der Waals surface area contributed by atoms with Gasteiger partial charge < -0.3 is 0 Å². The van der Waals surface area contributed by atoms with Gasteiger partial charge in [-0.15, -0.1) is 0 Å². The van der Waals surface area contributed by atoms with Crippen molar-refractivity contribution in [2.75, 3.05) is 0 Å². The van der Waals surface area contributed by atoms with E-state index in [1.165, 1.54) is 44.5 Å². The lowest BCUT2D eigenvalue weighted by molar-refractivity contribution is 1.01. The summed E-state index contributed by atoms with van der Waals surface area (Å²) in [5.74, 6) is 0.793. The summed E-state index contributed by atoms with van der Waals surface area (Å²) in [5, 5.41) is 3.18. The molecule has 1 heteroatoms. The fourth-order valence-electron chi connectivity index (χ4n) is 6.84. The van der Waals surface area contributed by atoms with Gasteiger partial charge in [-0.2, -0.15) is 0 Å². The van der Waals surface area contributed by atoms with Crippen LogP contribution in [0.5, 0.6) is 0 Å². The summed E-state index contributed by atoms with van der Waals surface area (Å²) in [6, 6.07) is 31.6. The highest BCUT2D eigenvalue weighted by Crippen LogP contribution is 2.45. The van der Waals surface area contributed by atoms with Crippen LogP contribution in [0.3, 0.4) is 0 Å². The van der Waals surface area contributed by atoms with Crippen molar-refractivity contribution in [2.24, 2.45) is 0 Å². The average Bonchev–Trinajstić information content (AvgIpc) is 3.44. The zero-order valence-corrected chi connectivity index (χ0v) is 23.9. The second-order valence-corrected chi connectivity index (χ2v) is 15.8. The third kappa shape index (κ3) is 3.71. The molecule has 4 aromatic rings. The van der Waals surface area contributed by atoms with Crippen molar-refractivity contribution in [3.05, 3.63) is 129 Å². The third-order valence-corrected chi connectivity index (χ3v) is 12.5. The molecular formula is C36H36Si. The van der Waals surface area contributed by atoms with Gasteiger partial charge in [-0.1, -0.05) is 122 Å². The quantitative estimate of drug-likeness (QED) is 0.249. The molecule has 0 amide bonds. The largest absolute Gasteiger partial charge is 0.113 e. The fraction of sp³-hybridized carbons (Fsp3) is 0.222. The third-order valence-electron chi connectivity index (χ3n) is 8.97. The number of allylic oxidation sites excluding steroid dienone is 2. The topological polar surface area (TPSA) is 0 Å². The Balaban J connectivity index is 1.48. The van der Waals surface area contributed by atoms with Crippen LogP contribution < -0.4 is 10.4 Å². The van der Waals surface area contributed by atoms with Crippen LogP contribution in [0.15, 0.2) is 84.9 Å². The maximum Gasteiger partial charge on any atom is 0.113 e. The van der Waals surface area contributed by atoms with Gasteiger partial charge in [0.05, 0.1) is 0 Å². The van der Waals surface area contributed by atoms with E-state index < -0.39 is 8.07 Å². The second-order valence-electron chi connectivity index (χ2n) is 11.5. The van der Waals surface area contributed by atoms with E-state index in [4.69, 9.17) is 0 Å². The summed E-state index contributed by atoms with van der Waals surface area (Å²) in [6.07, 6.45) is 4.94. The Hall–Kier alpha value is -3.42. The Bertz CT molecular complexity index is 1450. The van der Waals surface area contributed by atoms with E-state index in [9.17, 15) is 0 Å². The molecule has 0 N–H and O–H groups in total. The predicted octanol–water partition coefficient (Wildman–Crippen LogP) is 8.44. The highest BCUT2D eigenvalue weighted by Gasteiger charge is 2.38. The van der Waals surface area contributed by atoms with Crippen LogP contribution in [0.2, 0.25) is 13.1 Å². The maximum atomic E-state index is 2.57. The first kappa shape index (κ1) is 23.9. The van der Waals surface area contributed by atoms with Crippen LogP contribution in [0.4, 0.5) is 0 Å². The van der Waals surface area contributed by atoms with Gasteiger partial charge >= 0.3 is 0 Å². The summed E-state index contributed by atoms with van der Waals surface area (Å²) in [7, 11) is -2.03. The molecule has 2 aliphatic rings. The molecule has 2 unspecified atom stereocenters. The van der Waals surface area contributed by atoms with Gasteiger partial charge in [0.25, 0.3) is 0 Å². The first-order valence-corrected chi connectivity index (χ1v) is 16.6. The van der Waals surface area contributed by atoms with Crippen molar-refractivity contribution in [3.8, 4) is 0 Å². The Labute approximate surface area is 223 Å². The number of hydrogen-bond acceptors (Lipinski definition) is 0. The van der Waals surface area contributed by atoms with Crippen LogP contribution in [-0.2, 0) is 0 Å². The standard InChI is InChI=1S/C36H36Si/c1-23-17-19-33(35-25(3)31(21-29(23)35)27-13-9-7-10-14-27)37(5,6)34-20-18-24(2)30-22-32(26(4)36(30)34)28-15-11-8-12-16-28/h7-22,25-26H,1-6H3. The monoisotopic (exact) mass is 496 g/mol. The zero-order chi connectivity index (χ0) is 25.9. The van der Waals surface area contributed by atoms with Crippen molar-refractivity contribution in [1.82, 2.24) is 0 Å². The molecule has 0 heterocycles. The Morgan fingerprint density at radius 3 is 1.27 bits per heavy atom. The molecule has 0 nitrogen and oxygen atoms in total. The van der Waals surface area contributed by atoms with Crippen LogP contribution >= 0.6 is 0 Å². The van der Waals surface area contributed by atoms with Gasteiger partial charge in [0.2, 0.25) is 0 Å². The molecule has 2 atom stereocenters. The molecule has 6 rings (SSSR count). The minimum absolute atomic E-state index is 0.396. The molecular weight excluding hydrogens is 460 g/mol. The van der Waals surface area contributed by atoms with Gasteiger partial charge in [0.1, 0.15) is 8.07 Å². The first-order valence-electron chi connectivity index (χ1n) is 13.6. The summed E-state index contributed by atoms with van der Waals surface area (Å²) in [5.41, 5.74) is 14.4. The van der Waals surface area contributed by atoms with Crippen molar-refractivity contribution in [1.29, 1.82) is 0 Å². The first-order chi connectivity index (χ1) is 17.8. The van der Waals surface area contributed by atoms with Crippen molar-refractivity contribution in [2.45, 2.75) is 52.6 Å². The van der Waals surface area contributed by atoms with E-state index in [0.717, 1.165) is 0 Å². The summed E-state index contributed by atoms with van der Waals surface area (Å²) >= 11 is 0. The molecule has 0 aliphatic heterocycles. The molecule has 0 bridgehead atoms. The van der Waals surface area contributed by atoms with Crippen LogP contribution in [0.1, 0.15) is 70.2 Å². The van der Waals surface area contributed by atoms with Gasteiger partial charge in [0.15, 0.2) is 0 Å². The smallest absolute Gasteiger partial charge is 0.0622 e. The van der Waals surface area contributed by atoms with E-state index >= 15 is 0 Å². The lowest BCUT2D eigenvalue weighted by Gasteiger charge is -2.32. The Kier molecular flexibility index (Phi) is 5.73. The molecule has 0 saturated carbocycles.